The maximum Gasteiger partial charge on any atom is 0.243 e. The third kappa shape index (κ3) is 3.85. The molecule has 0 bridgehead atoms. The molecule has 3 N–H and O–H groups in total. The van der Waals surface area contributed by atoms with E-state index in [1.807, 2.05) is 19.2 Å². The average molecular weight is 468 g/mol. The van der Waals surface area contributed by atoms with Crippen LogP contribution in [0.3, 0.4) is 0 Å². The Balaban J connectivity index is 1.15. The second kappa shape index (κ2) is 8.86. The van der Waals surface area contributed by atoms with Gasteiger partial charge in [0.05, 0.1) is 37.0 Å². The summed E-state index contributed by atoms with van der Waals surface area (Å²) in [7, 11) is 0. The summed E-state index contributed by atoms with van der Waals surface area (Å²) < 4.78 is 19.9. The lowest BCUT2D eigenvalue weighted by atomic mass is 9.94. The van der Waals surface area contributed by atoms with Gasteiger partial charge in [0.2, 0.25) is 5.91 Å². The molecule has 4 saturated heterocycles. The SMILES string of the molecule is Cc1cccc(F)c1N1NC2C(CC1=O)NNC2c1ccc(N2CCN(C3COC3)CC2)nc1. The summed E-state index contributed by atoms with van der Waals surface area (Å²) in [5.74, 6) is 0.405. The Morgan fingerprint density at radius 3 is 2.59 bits per heavy atom. The van der Waals surface area contributed by atoms with E-state index in [0.717, 1.165) is 50.8 Å². The third-order valence-corrected chi connectivity index (χ3v) is 7.46. The molecule has 5 heterocycles. The molecule has 2 aromatic rings. The van der Waals surface area contributed by atoms with Crippen molar-refractivity contribution >= 4 is 17.4 Å². The molecular formula is C24H30FN7O2. The quantitative estimate of drug-likeness (QED) is 0.611. The monoisotopic (exact) mass is 467 g/mol. The number of aryl methyl sites for hydroxylation is 1. The number of halogens is 1. The zero-order valence-corrected chi connectivity index (χ0v) is 19.2. The number of para-hydroxylation sites is 1. The van der Waals surface area contributed by atoms with Gasteiger partial charge in [-0.3, -0.25) is 15.1 Å². The Morgan fingerprint density at radius 1 is 1.09 bits per heavy atom. The number of rotatable bonds is 4. The number of hydrazine groups is 2. The van der Waals surface area contributed by atoms with Crippen molar-refractivity contribution in [2.45, 2.75) is 37.5 Å². The van der Waals surface area contributed by atoms with Gasteiger partial charge in [0.1, 0.15) is 11.6 Å². The van der Waals surface area contributed by atoms with Gasteiger partial charge in [-0.15, -0.1) is 0 Å². The maximum absolute atomic E-state index is 14.6. The first-order valence-corrected chi connectivity index (χ1v) is 12.0. The number of pyridine rings is 1. The van der Waals surface area contributed by atoms with E-state index in [2.05, 4.69) is 38.2 Å². The summed E-state index contributed by atoms with van der Waals surface area (Å²) in [5.41, 5.74) is 11.8. The van der Waals surface area contributed by atoms with E-state index in [-0.39, 0.29) is 36.1 Å². The molecule has 1 aromatic heterocycles. The van der Waals surface area contributed by atoms with Gasteiger partial charge in [-0.2, -0.15) is 0 Å². The number of benzene rings is 1. The minimum absolute atomic E-state index is 0.0935. The fourth-order valence-electron chi connectivity index (χ4n) is 5.36. The molecule has 3 unspecified atom stereocenters. The predicted octanol–water partition coefficient (Wildman–Crippen LogP) is 0.878. The minimum Gasteiger partial charge on any atom is -0.378 e. The number of carbonyl (C=O) groups is 1. The number of carbonyl (C=O) groups excluding carboxylic acids is 1. The molecule has 4 aliphatic rings. The summed E-state index contributed by atoms with van der Waals surface area (Å²) in [4.78, 5) is 22.4. The average Bonchev–Trinajstić information content (AvgIpc) is 3.21. The summed E-state index contributed by atoms with van der Waals surface area (Å²) in [5, 5.41) is 1.38. The number of amides is 1. The molecule has 0 aliphatic carbocycles. The number of piperazine rings is 1. The Labute approximate surface area is 198 Å². The molecule has 0 radical (unpaired) electrons. The topological polar surface area (TPSA) is 85.0 Å². The number of aromatic nitrogens is 1. The van der Waals surface area contributed by atoms with Crippen LogP contribution in [-0.4, -0.2) is 73.3 Å². The van der Waals surface area contributed by atoms with E-state index in [1.165, 1.54) is 11.1 Å². The molecule has 4 fully saturated rings. The highest BCUT2D eigenvalue weighted by Crippen LogP contribution is 2.32. The van der Waals surface area contributed by atoms with Crippen LogP contribution in [-0.2, 0) is 9.53 Å². The van der Waals surface area contributed by atoms with Crippen LogP contribution < -0.4 is 26.2 Å². The summed E-state index contributed by atoms with van der Waals surface area (Å²) >= 11 is 0. The highest BCUT2D eigenvalue weighted by atomic mass is 19.1. The first kappa shape index (κ1) is 21.9. The number of anilines is 2. The smallest absolute Gasteiger partial charge is 0.243 e. The minimum atomic E-state index is -0.411. The molecular weight excluding hydrogens is 437 g/mol. The molecule has 3 atom stereocenters. The number of hydrogen-bond donors (Lipinski definition) is 3. The molecule has 0 saturated carbocycles. The Kier molecular flexibility index (Phi) is 5.70. The first-order chi connectivity index (χ1) is 16.6. The first-order valence-electron chi connectivity index (χ1n) is 12.0. The van der Waals surface area contributed by atoms with E-state index < -0.39 is 5.82 Å². The van der Waals surface area contributed by atoms with Crippen LogP contribution in [0.5, 0.6) is 0 Å². The van der Waals surface area contributed by atoms with Crippen LogP contribution in [0.4, 0.5) is 15.9 Å². The molecule has 34 heavy (non-hydrogen) atoms. The van der Waals surface area contributed by atoms with Crippen LogP contribution in [0.2, 0.25) is 0 Å². The standard InChI is InChI=1S/C24H30FN7O2/c1-15-3-2-4-18(25)24(15)32-21(33)11-19-23(29-32)22(28-27-19)16-5-6-20(26-12-16)31-9-7-30(8-10-31)17-13-34-14-17/h2-6,12,17,19,22-23,27-29H,7-11,13-14H2,1H3. The van der Waals surface area contributed by atoms with Gasteiger partial charge in [-0.05, 0) is 30.2 Å². The van der Waals surface area contributed by atoms with Crippen molar-refractivity contribution in [3.05, 3.63) is 53.5 Å². The maximum atomic E-state index is 14.6. The van der Waals surface area contributed by atoms with E-state index >= 15 is 0 Å². The van der Waals surface area contributed by atoms with Gasteiger partial charge in [-0.25, -0.2) is 25.2 Å². The van der Waals surface area contributed by atoms with E-state index in [0.29, 0.717) is 11.6 Å². The lowest BCUT2D eigenvalue weighted by molar-refractivity contribution is -0.121. The zero-order chi connectivity index (χ0) is 23.2. The number of nitrogens with one attached hydrogen (secondary N) is 3. The zero-order valence-electron chi connectivity index (χ0n) is 19.2. The number of hydrogen-bond acceptors (Lipinski definition) is 8. The Morgan fingerprint density at radius 2 is 1.91 bits per heavy atom. The van der Waals surface area contributed by atoms with Gasteiger partial charge in [0.25, 0.3) is 0 Å². The molecule has 6 rings (SSSR count). The van der Waals surface area contributed by atoms with Gasteiger partial charge in [-0.1, -0.05) is 18.2 Å². The van der Waals surface area contributed by atoms with E-state index in [9.17, 15) is 9.18 Å². The number of fused-ring (bicyclic) bond motifs is 1. The fourth-order valence-corrected chi connectivity index (χ4v) is 5.36. The van der Waals surface area contributed by atoms with E-state index in [4.69, 9.17) is 9.72 Å². The highest BCUT2D eigenvalue weighted by Gasteiger charge is 2.44. The van der Waals surface area contributed by atoms with Crippen molar-refractivity contribution in [3.63, 3.8) is 0 Å². The summed E-state index contributed by atoms with van der Waals surface area (Å²) in [6.45, 7) is 7.48. The lowest BCUT2D eigenvalue weighted by Crippen LogP contribution is -2.60. The second-order valence-corrected chi connectivity index (χ2v) is 9.53. The number of ether oxygens (including phenoxy) is 1. The summed E-state index contributed by atoms with van der Waals surface area (Å²) in [6, 6.07) is 9.26. The molecule has 9 nitrogen and oxygen atoms in total. The normalized spacial score (nSPS) is 28.2. The largest absolute Gasteiger partial charge is 0.378 e. The van der Waals surface area contributed by atoms with Gasteiger partial charge >= 0.3 is 0 Å². The number of nitrogens with zero attached hydrogens (tertiary/aromatic N) is 4. The summed E-state index contributed by atoms with van der Waals surface area (Å²) in [6.07, 6.45) is 2.18. The van der Waals surface area contributed by atoms with Crippen molar-refractivity contribution in [1.82, 2.24) is 26.2 Å². The van der Waals surface area contributed by atoms with Gasteiger partial charge < -0.3 is 9.64 Å². The van der Waals surface area contributed by atoms with Crippen molar-refractivity contribution in [2.75, 3.05) is 49.3 Å². The van der Waals surface area contributed by atoms with Crippen LogP contribution >= 0.6 is 0 Å². The molecule has 4 aliphatic heterocycles. The molecule has 1 aromatic carbocycles. The molecule has 10 heteroatoms. The van der Waals surface area contributed by atoms with Gasteiger partial charge in [0, 0.05) is 44.8 Å². The van der Waals surface area contributed by atoms with Crippen LogP contribution in [0, 0.1) is 12.7 Å². The molecule has 1 amide bonds. The van der Waals surface area contributed by atoms with Crippen molar-refractivity contribution in [1.29, 1.82) is 0 Å². The lowest BCUT2D eigenvalue weighted by Gasteiger charge is -2.42. The molecule has 180 valence electrons. The van der Waals surface area contributed by atoms with E-state index in [1.54, 1.807) is 6.07 Å². The molecule has 0 spiro atoms. The van der Waals surface area contributed by atoms with Crippen molar-refractivity contribution < 1.29 is 13.9 Å². The van der Waals surface area contributed by atoms with Crippen molar-refractivity contribution in [2.24, 2.45) is 0 Å². The van der Waals surface area contributed by atoms with Gasteiger partial charge in [0.15, 0.2) is 0 Å². The fraction of sp³-hybridized carbons (Fsp3) is 0.500. The second-order valence-electron chi connectivity index (χ2n) is 9.53. The Bertz CT molecular complexity index is 1040. The van der Waals surface area contributed by atoms with Crippen LogP contribution in [0.15, 0.2) is 36.5 Å². The predicted molar refractivity (Wildman–Crippen MR) is 126 cm³/mol. The highest BCUT2D eigenvalue weighted by molar-refractivity contribution is 5.94. The van der Waals surface area contributed by atoms with Crippen LogP contribution in [0.25, 0.3) is 0 Å². The van der Waals surface area contributed by atoms with Crippen molar-refractivity contribution in [3.8, 4) is 0 Å². The third-order valence-electron chi connectivity index (χ3n) is 7.46. The van der Waals surface area contributed by atoms with Crippen LogP contribution in [0.1, 0.15) is 23.6 Å². The Hall–Kier alpha value is -2.63.